The van der Waals surface area contributed by atoms with Gasteiger partial charge in [0.15, 0.2) is 9.84 Å². The van der Waals surface area contributed by atoms with Gasteiger partial charge in [-0.05, 0) is 41.0 Å². The highest BCUT2D eigenvalue weighted by molar-refractivity contribution is 7.93. The summed E-state index contributed by atoms with van der Waals surface area (Å²) in [5.41, 5.74) is -0.666. The number of nitriles is 1. The van der Waals surface area contributed by atoms with Crippen molar-refractivity contribution >= 4 is 21.6 Å². The first-order chi connectivity index (χ1) is 11.6. The van der Waals surface area contributed by atoms with Crippen molar-refractivity contribution in [1.29, 1.82) is 5.26 Å². The number of carbonyl (C=O) groups is 1. The average Bonchev–Trinajstić information content (AvgIpc) is 2.94. The van der Waals surface area contributed by atoms with Gasteiger partial charge in [-0.15, -0.1) is 0 Å². The Morgan fingerprint density at radius 2 is 1.88 bits per heavy atom. The number of halogens is 2. The maximum atomic E-state index is 12.9. The lowest BCUT2D eigenvalue weighted by atomic mass is 9.92. The second-order valence-corrected chi connectivity index (χ2v) is 9.93. The number of nitrogens with one attached hydrogen (secondary N) is 1. The van der Waals surface area contributed by atoms with Crippen LogP contribution in [-0.2, 0) is 20.0 Å². The molecule has 0 aliphatic carbocycles. The van der Waals surface area contributed by atoms with E-state index >= 15 is 0 Å². The van der Waals surface area contributed by atoms with Crippen molar-refractivity contribution in [2.75, 3.05) is 11.1 Å². The summed E-state index contributed by atoms with van der Waals surface area (Å²) in [7, 11) is -3.99. The van der Waals surface area contributed by atoms with Crippen molar-refractivity contribution < 1.29 is 26.5 Å². The number of hydrogen-bond acceptors (Lipinski definition) is 6. The van der Waals surface area contributed by atoms with E-state index in [0.717, 1.165) is 0 Å². The Morgan fingerprint density at radius 3 is 2.38 bits per heavy atom. The molecule has 10 heteroatoms. The third-order valence-corrected chi connectivity index (χ3v) is 6.59. The molecular weight excluding hydrogens is 368 g/mol. The monoisotopic (exact) mass is 391 g/mol. The molecule has 0 aromatic carbocycles. The quantitative estimate of drug-likeness (QED) is 0.729. The van der Waals surface area contributed by atoms with E-state index < -0.39 is 44.0 Å². The molecule has 1 amide bonds. The highest BCUT2D eigenvalue weighted by Crippen LogP contribution is 2.27. The molecule has 1 aromatic rings. The van der Waals surface area contributed by atoms with E-state index in [4.69, 9.17) is 9.78 Å². The fourth-order valence-corrected chi connectivity index (χ4v) is 3.29. The van der Waals surface area contributed by atoms with Crippen LogP contribution in [0, 0.1) is 11.3 Å². The highest BCUT2D eigenvalue weighted by atomic mass is 32.2. The maximum absolute atomic E-state index is 12.9. The molecule has 1 N–H and O–H groups in total. The predicted molar refractivity (Wildman–Crippen MR) is 91.5 cm³/mol. The molecule has 0 saturated carbocycles. The van der Waals surface area contributed by atoms with Crippen LogP contribution in [0.25, 0.3) is 0 Å². The van der Waals surface area contributed by atoms with Gasteiger partial charge >= 0.3 is 0 Å². The number of carbonyl (C=O) groups excluding carboxylic acids is 1. The summed E-state index contributed by atoms with van der Waals surface area (Å²) in [6.45, 7) is 6.31. The van der Waals surface area contributed by atoms with E-state index in [1.807, 2.05) is 6.07 Å². The van der Waals surface area contributed by atoms with E-state index in [1.54, 1.807) is 13.8 Å². The minimum Gasteiger partial charge on any atom is -0.338 e. The smallest absolute Gasteiger partial charge is 0.247 e. The SMILES string of the molecule is CC(F)(F)CCCS(=O)(=O)C(C)(C)C(=O)Nc1cc(C(C)(C)C#N)no1. The van der Waals surface area contributed by atoms with Crippen molar-refractivity contribution in [3.8, 4) is 6.07 Å². The lowest BCUT2D eigenvalue weighted by Crippen LogP contribution is -2.45. The van der Waals surface area contributed by atoms with Gasteiger partial charge in [0, 0.05) is 12.5 Å². The molecule has 7 nitrogen and oxygen atoms in total. The Bertz CT molecular complexity index is 802. The largest absolute Gasteiger partial charge is 0.338 e. The van der Waals surface area contributed by atoms with E-state index in [0.29, 0.717) is 6.92 Å². The van der Waals surface area contributed by atoms with Crippen LogP contribution in [0.2, 0.25) is 0 Å². The van der Waals surface area contributed by atoms with Gasteiger partial charge < -0.3 is 4.52 Å². The van der Waals surface area contributed by atoms with Crippen LogP contribution in [0.3, 0.4) is 0 Å². The van der Waals surface area contributed by atoms with Crippen LogP contribution in [0.4, 0.5) is 14.7 Å². The lowest BCUT2D eigenvalue weighted by molar-refractivity contribution is -0.118. The molecule has 0 fully saturated rings. The van der Waals surface area contributed by atoms with E-state index in [9.17, 15) is 22.0 Å². The van der Waals surface area contributed by atoms with Crippen LogP contribution in [-0.4, -0.2) is 35.9 Å². The van der Waals surface area contributed by atoms with E-state index in [2.05, 4.69) is 10.5 Å². The number of alkyl halides is 2. The molecule has 0 spiro atoms. The Labute approximate surface area is 151 Å². The molecule has 0 saturated heterocycles. The van der Waals surface area contributed by atoms with Crippen molar-refractivity contribution in [3.63, 3.8) is 0 Å². The number of sulfone groups is 1. The molecule has 0 aliphatic heterocycles. The molecule has 0 atom stereocenters. The number of rotatable bonds is 8. The minimum absolute atomic E-state index is 0.100. The average molecular weight is 391 g/mol. The summed E-state index contributed by atoms with van der Waals surface area (Å²) >= 11 is 0. The second-order valence-electron chi connectivity index (χ2n) is 7.27. The lowest BCUT2D eigenvalue weighted by Gasteiger charge is -2.23. The first-order valence-electron chi connectivity index (χ1n) is 7.92. The summed E-state index contributed by atoms with van der Waals surface area (Å²) in [5.74, 6) is -4.49. The maximum Gasteiger partial charge on any atom is 0.247 e. The number of hydrogen-bond donors (Lipinski definition) is 1. The van der Waals surface area contributed by atoms with Crippen LogP contribution >= 0.6 is 0 Å². The van der Waals surface area contributed by atoms with Crippen molar-refractivity contribution in [1.82, 2.24) is 5.16 Å². The fourth-order valence-electron chi connectivity index (χ4n) is 1.92. The third-order valence-electron chi connectivity index (χ3n) is 4.02. The predicted octanol–water partition coefficient (Wildman–Crippen LogP) is 3.04. The summed E-state index contributed by atoms with van der Waals surface area (Å²) in [5, 5.41) is 15.1. The van der Waals surface area contributed by atoms with Crippen LogP contribution in [0.1, 0.15) is 53.2 Å². The van der Waals surface area contributed by atoms with Gasteiger partial charge in [0.05, 0.1) is 17.2 Å². The summed E-state index contributed by atoms with van der Waals surface area (Å²) in [4.78, 5) is 12.4. The zero-order valence-electron chi connectivity index (χ0n) is 15.4. The molecule has 1 aromatic heterocycles. The van der Waals surface area contributed by atoms with Gasteiger partial charge in [-0.1, -0.05) is 5.16 Å². The summed E-state index contributed by atoms with van der Waals surface area (Å²) in [6.07, 6.45) is -0.843. The minimum atomic E-state index is -3.99. The van der Waals surface area contributed by atoms with Crippen molar-refractivity contribution in [2.45, 2.75) is 63.5 Å². The molecule has 0 aliphatic rings. The number of nitrogens with zero attached hydrogens (tertiary/aromatic N) is 2. The molecule has 1 rings (SSSR count). The zero-order valence-corrected chi connectivity index (χ0v) is 16.2. The molecule has 1 heterocycles. The van der Waals surface area contributed by atoms with Gasteiger partial charge in [-0.2, -0.15) is 5.26 Å². The molecule has 0 radical (unpaired) electrons. The summed E-state index contributed by atoms with van der Waals surface area (Å²) < 4.78 is 53.6. The Balaban J connectivity index is 2.86. The number of aromatic nitrogens is 1. The van der Waals surface area contributed by atoms with Crippen LogP contribution in [0.15, 0.2) is 10.6 Å². The summed E-state index contributed by atoms with van der Waals surface area (Å²) in [6, 6.07) is 3.36. The van der Waals surface area contributed by atoms with Gasteiger partial charge in [-0.3, -0.25) is 10.1 Å². The highest BCUT2D eigenvalue weighted by Gasteiger charge is 2.42. The molecule has 0 unspecified atom stereocenters. The molecular formula is C16H23F2N3O4S. The fraction of sp³-hybridized carbons (Fsp3) is 0.688. The topological polar surface area (TPSA) is 113 Å². The third kappa shape index (κ3) is 5.24. The Kier molecular flexibility index (Phi) is 6.19. The first-order valence-corrected chi connectivity index (χ1v) is 9.58. The van der Waals surface area contributed by atoms with Gasteiger partial charge in [0.2, 0.25) is 17.7 Å². The molecule has 146 valence electrons. The van der Waals surface area contributed by atoms with E-state index in [-0.39, 0.29) is 18.0 Å². The number of amides is 1. The molecule has 0 bridgehead atoms. The normalized spacial score (nSPS) is 13.3. The number of anilines is 1. The molecule has 26 heavy (non-hydrogen) atoms. The van der Waals surface area contributed by atoms with Gasteiger partial charge in [0.1, 0.15) is 10.4 Å². The van der Waals surface area contributed by atoms with Gasteiger partial charge in [-0.25, -0.2) is 17.2 Å². The standard InChI is InChI=1S/C16H23F2N3O4S/c1-14(2,10-19)11-9-12(25-21-11)20-13(22)15(3,4)26(23,24)8-6-7-16(5,17)18/h9H,6-8H2,1-5H3,(H,20,22). The van der Waals surface area contributed by atoms with Crippen molar-refractivity contribution in [2.24, 2.45) is 0 Å². The van der Waals surface area contributed by atoms with Crippen LogP contribution < -0.4 is 5.32 Å². The Morgan fingerprint density at radius 1 is 1.31 bits per heavy atom. The van der Waals surface area contributed by atoms with Crippen LogP contribution in [0.5, 0.6) is 0 Å². The van der Waals surface area contributed by atoms with Crippen molar-refractivity contribution in [3.05, 3.63) is 11.8 Å². The van der Waals surface area contributed by atoms with E-state index in [1.165, 1.54) is 19.9 Å². The second kappa shape index (κ2) is 7.31. The zero-order chi connectivity index (χ0) is 20.4. The first kappa shape index (κ1) is 22.0. The Hall–Kier alpha value is -2.02. The van der Waals surface area contributed by atoms with Gasteiger partial charge in [0.25, 0.3) is 0 Å².